The number of nitrogens with one attached hydrogen (secondary N) is 1. The molecule has 0 atom stereocenters. The van der Waals surface area contributed by atoms with Gasteiger partial charge in [-0.1, -0.05) is 0 Å². The topological polar surface area (TPSA) is 79.0 Å². The molecule has 1 N–H and O–H groups in total. The van der Waals surface area contributed by atoms with Crippen LogP contribution in [0.3, 0.4) is 0 Å². The Morgan fingerprint density at radius 2 is 2.14 bits per heavy atom. The molecule has 1 aromatic heterocycles. The Morgan fingerprint density at radius 3 is 2.71 bits per heavy atom. The maximum absolute atomic E-state index is 11.4. The number of hydrogen-bond donors (Lipinski definition) is 1. The average Bonchev–Trinajstić information content (AvgIpc) is 2.64. The van der Waals surface area contributed by atoms with Crippen LogP contribution in [0.25, 0.3) is 0 Å². The Labute approximate surface area is 84.0 Å². The quantitative estimate of drug-likeness (QED) is 0.663. The molecule has 7 heteroatoms. The first kappa shape index (κ1) is 9.20. The smallest absolute Gasteiger partial charge is 0.239 e. The number of aromatic nitrogens is 3. The highest BCUT2D eigenvalue weighted by Crippen LogP contribution is 2.13. The van der Waals surface area contributed by atoms with Crippen LogP contribution in [0.5, 0.6) is 0 Å². The number of carbonyl (C=O) groups is 2. The minimum atomic E-state index is -0.158. The molecule has 1 saturated heterocycles. The standard InChI is InChI=1S/C7H8N4O2S/c12-6-3-14-4-7(13)11(6)2-5-1-8-10-9-5/h1H,2-4H2,(H,8,9,10). The van der Waals surface area contributed by atoms with E-state index in [4.69, 9.17) is 0 Å². The highest BCUT2D eigenvalue weighted by atomic mass is 32.2. The Bertz CT molecular complexity index is 335. The number of hydrogen-bond acceptors (Lipinski definition) is 5. The molecule has 2 amide bonds. The Balaban J connectivity index is 2.08. The van der Waals surface area contributed by atoms with Crippen molar-refractivity contribution in [3.8, 4) is 0 Å². The van der Waals surface area contributed by atoms with Crippen molar-refractivity contribution < 1.29 is 9.59 Å². The molecule has 2 rings (SSSR count). The molecular formula is C7H8N4O2S. The number of nitrogens with zero attached hydrogens (tertiary/aromatic N) is 3. The van der Waals surface area contributed by atoms with Gasteiger partial charge in [0.1, 0.15) is 5.69 Å². The van der Waals surface area contributed by atoms with E-state index in [9.17, 15) is 9.59 Å². The van der Waals surface area contributed by atoms with Gasteiger partial charge in [-0.25, -0.2) is 0 Å². The van der Waals surface area contributed by atoms with Crippen LogP contribution in [-0.2, 0) is 16.1 Å². The van der Waals surface area contributed by atoms with Crippen molar-refractivity contribution in [2.24, 2.45) is 0 Å². The highest BCUT2D eigenvalue weighted by molar-refractivity contribution is 8.00. The van der Waals surface area contributed by atoms with Crippen molar-refractivity contribution in [1.29, 1.82) is 0 Å². The molecule has 2 heterocycles. The minimum absolute atomic E-state index is 0.158. The first-order valence-corrected chi connectivity index (χ1v) is 5.18. The van der Waals surface area contributed by atoms with Crippen molar-refractivity contribution in [2.45, 2.75) is 6.54 Å². The van der Waals surface area contributed by atoms with Gasteiger partial charge in [-0.3, -0.25) is 14.5 Å². The number of carbonyl (C=O) groups excluding carboxylic acids is 2. The molecular weight excluding hydrogens is 204 g/mol. The largest absolute Gasteiger partial charge is 0.275 e. The van der Waals surface area contributed by atoms with E-state index in [1.165, 1.54) is 22.9 Å². The summed E-state index contributed by atoms with van der Waals surface area (Å²) in [5.41, 5.74) is 0.596. The lowest BCUT2D eigenvalue weighted by atomic mass is 10.4. The lowest BCUT2D eigenvalue weighted by molar-refractivity contribution is -0.142. The summed E-state index contributed by atoms with van der Waals surface area (Å²) in [5.74, 6) is 0.413. The Morgan fingerprint density at radius 1 is 1.43 bits per heavy atom. The van der Waals surface area contributed by atoms with Gasteiger partial charge in [-0.05, 0) is 0 Å². The van der Waals surface area contributed by atoms with Gasteiger partial charge >= 0.3 is 0 Å². The van der Waals surface area contributed by atoms with E-state index in [0.29, 0.717) is 17.2 Å². The molecule has 1 fully saturated rings. The molecule has 1 aliphatic heterocycles. The van der Waals surface area contributed by atoms with Crippen LogP contribution in [0.15, 0.2) is 6.20 Å². The monoisotopic (exact) mass is 212 g/mol. The van der Waals surface area contributed by atoms with E-state index in [1.54, 1.807) is 0 Å². The summed E-state index contributed by atoms with van der Waals surface area (Å²) in [6.45, 7) is 0.217. The molecule has 1 aliphatic rings. The predicted molar refractivity (Wildman–Crippen MR) is 49.3 cm³/mol. The number of imide groups is 1. The van der Waals surface area contributed by atoms with E-state index < -0.39 is 0 Å². The average molecular weight is 212 g/mol. The lowest BCUT2D eigenvalue weighted by Crippen LogP contribution is -2.42. The normalized spacial score (nSPS) is 17.6. The fraction of sp³-hybridized carbons (Fsp3) is 0.429. The second-order valence-electron chi connectivity index (χ2n) is 2.83. The molecule has 0 radical (unpaired) electrons. The second-order valence-corrected chi connectivity index (χ2v) is 3.81. The summed E-state index contributed by atoms with van der Waals surface area (Å²) in [7, 11) is 0. The molecule has 0 aliphatic carbocycles. The lowest BCUT2D eigenvalue weighted by Gasteiger charge is -2.23. The first-order chi connectivity index (χ1) is 6.77. The Hall–Kier alpha value is -1.37. The van der Waals surface area contributed by atoms with Gasteiger partial charge in [0.15, 0.2) is 0 Å². The van der Waals surface area contributed by atoms with Gasteiger partial charge in [0.25, 0.3) is 0 Å². The van der Waals surface area contributed by atoms with Crippen molar-refractivity contribution in [3.05, 3.63) is 11.9 Å². The van der Waals surface area contributed by atoms with Crippen LogP contribution < -0.4 is 0 Å². The molecule has 0 unspecified atom stereocenters. The fourth-order valence-electron chi connectivity index (χ4n) is 1.16. The van der Waals surface area contributed by atoms with Crippen molar-refractivity contribution >= 4 is 23.6 Å². The highest BCUT2D eigenvalue weighted by Gasteiger charge is 2.26. The van der Waals surface area contributed by atoms with E-state index in [0.717, 1.165) is 0 Å². The number of rotatable bonds is 2. The summed E-state index contributed by atoms with van der Waals surface area (Å²) in [6.07, 6.45) is 1.50. The second kappa shape index (κ2) is 3.79. The molecule has 0 spiro atoms. The van der Waals surface area contributed by atoms with Crippen LogP contribution in [0, 0.1) is 0 Å². The summed E-state index contributed by atoms with van der Waals surface area (Å²) >= 11 is 1.34. The van der Waals surface area contributed by atoms with Crippen LogP contribution in [0.2, 0.25) is 0 Å². The summed E-state index contributed by atoms with van der Waals surface area (Å²) in [4.78, 5) is 23.9. The summed E-state index contributed by atoms with van der Waals surface area (Å²) < 4.78 is 0. The van der Waals surface area contributed by atoms with Crippen molar-refractivity contribution in [1.82, 2.24) is 20.3 Å². The van der Waals surface area contributed by atoms with E-state index >= 15 is 0 Å². The maximum Gasteiger partial charge on any atom is 0.239 e. The third-order valence-electron chi connectivity index (χ3n) is 1.84. The van der Waals surface area contributed by atoms with E-state index in [1.807, 2.05) is 0 Å². The maximum atomic E-state index is 11.4. The van der Waals surface area contributed by atoms with Gasteiger partial charge < -0.3 is 0 Å². The van der Waals surface area contributed by atoms with Gasteiger partial charge in [-0.2, -0.15) is 15.4 Å². The molecule has 0 bridgehead atoms. The number of aromatic amines is 1. The van der Waals surface area contributed by atoms with Gasteiger partial charge in [0, 0.05) is 0 Å². The molecule has 0 saturated carbocycles. The third-order valence-corrected chi connectivity index (χ3v) is 2.74. The predicted octanol–water partition coefficient (Wildman–Crippen LogP) is -0.593. The van der Waals surface area contributed by atoms with Crippen LogP contribution in [0.4, 0.5) is 0 Å². The molecule has 0 aromatic carbocycles. The van der Waals surface area contributed by atoms with Crippen LogP contribution in [-0.4, -0.2) is 43.6 Å². The summed E-state index contributed by atoms with van der Waals surface area (Å²) in [5, 5.41) is 9.83. The fourth-order valence-corrected chi connectivity index (χ4v) is 1.92. The number of H-pyrrole nitrogens is 1. The molecule has 14 heavy (non-hydrogen) atoms. The minimum Gasteiger partial charge on any atom is -0.275 e. The SMILES string of the molecule is O=C1CSCC(=O)N1Cc1cn[nH]n1. The van der Waals surface area contributed by atoms with Gasteiger partial charge in [0.2, 0.25) is 11.8 Å². The molecule has 6 nitrogen and oxygen atoms in total. The zero-order valence-electron chi connectivity index (χ0n) is 7.27. The van der Waals surface area contributed by atoms with Crippen molar-refractivity contribution in [3.63, 3.8) is 0 Å². The van der Waals surface area contributed by atoms with Gasteiger partial charge in [-0.15, -0.1) is 11.8 Å². The summed E-state index contributed by atoms with van der Waals surface area (Å²) in [6, 6.07) is 0. The number of amides is 2. The molecule has 74 valence electrons. The number of thioether (sulfide) groups is 1. The Kier molecular flexibility index (Phi) is 2.49. The van der Waals surface area contributed by atoms with Gasteiger partial charge in [0.05, 0.1) is 24.2 Å². The first-order valence-electron chi connectivity index (χ1n) is 4.03. The van der Waals surface area contributed by atoms with Crippen LogP contribution in [0.1, 0.15) is 5.69 Å². The third kappa shape index (κ3) is 1.77. The zero-order valence-corrected chi connectivity index (χ0v) is 8.08. The van der Waals surface area contributed by atoms with Crippen molar-refractivity contribution in [2.75, 3.05) is 11.5 Å². The van der Waals surface area contributed by atoms with E-state index in [2.05, 4.69) is 15.4 Å². The molecule has 1 aromatic rings. The van der Waals surface area contributed by atoms with Crippen LogP contribution >= 0.6 is 11.8 Å². The zero-order chi connectivity index (χ0) is 9.97. The van der Waals surface area contributed by atoms with E-state index in [-0.39, 0.29) is 18.4 Å².